The Hall–Kier alpha value is -1.55. The lowest BCUT2D eigenvalue weighted by Crippen LogP contribution is -2.36. The summed E-state index contributed by atoms with van der Waals surface area (Å²) in [6.45, 7) is 0.304. The van der Waals surface area contributed by atoms with Gasteiger partial charge in [0.25, 0.3) is 0 Å². The van der Waals surface area contributed by atoms with Crippen molar-refractivity contribution >= 4 is 6.09 Å². The van der Waals surface area contributed by atoms with Crippen LogP contribution in [0.15, 0.2) is 30.3 Å². The molecule has 0 spiro atoms. The molecule has 0 saturated heterocycles. The number of amides is 1. The zero-order valence-electron chi connectivity index (χ0n) is 11.8. The lowest BCUT2D eigenvalue weighted by molar-refractivity contribution is 0.123. The Morgan fingerprint density at radius 1 is 1.15 bits per heavy atom. The Morgan fingerprint density at radius 3 is 2.45 bits per heavy atom. The molecule has 2 rings (SSSR count). The van der Waals surface area contributed by atoms with Crippen molar-refractivity contribution in [3.8, 4) is 0 Å². The number of carbonyl (C=O) groups is 1. The van der Waals surface area contributed by atoms with Crippen LogP contribution in [0.3, 0.4) is 0 Å². The number of aliphatic hydroxyl groups is 1. The highest BCUT2D eigenvalue weighted by molar-refractivity contribution is 5.67. The number of hydrogen-bond donors (Lipinski definition) is 2. The number of carbonyl (C=O) groups excluding carboxylic acids is 1. The fraction of sp³-hybridized carbons (Fsp3) is 0.562. The van der Waals surface area contributed by atoms with Gasteiger partial charge in [0.05, 0.1) is 6.10 Å². The molecule has 2 N–H and O–H groups in total. The third-order valence-electron chi connectivity index (χ3n) is 3.71. The van der Waals surface area contributed by atoms with Gasteiger partial charge in [0.15, 0.2) is 0 Å². The molecule has 4 heteroatoms. The largest absolute Gasteiger partial charge is 0.445 e. The molecule has 0 radical (unpaired) electrons. The van der Waals surface area contributed by atoms with Crippen LogP contribution < -0.4 is 5.32 Å². The van der Waals surface area contributed by atoms with Gasteiger partial charge in [-0.3, -0.25) is 0 Å². The van der Waals surface area contributed by atoms with E-state index in [0.29, 0.717) is 6.61 Å². The van der Waals surface area contributed by atoms with Crippen molar-refractivity contribution < 1.29 is 14.6 Å². The van der Waals surface area contributed by atoms with Crippen LogP contribution in [0.1, 0.15) is 44.1 Å². The molecule has 0 aromatic heterocycles. The van der Waals surface area contributed by atoms with Gasteiger partial charge in [-0.25, -0.2) is 4.79 Å². The van der Waals surface area contributed by atoms with Crippen LogP contribution in [0.5, 0.6) is 0 Å². The highest BCUT2D eigenvalue weighted by atomic mass is 16.5. The van der Waals surface area contributed by atoms with E-state index in [9.17, 15) is 9.90 Å². The SMILES string of the molecule is O=C(NC1CCCC(O)CCC1)OCc1ccccc1. The second-order valence-corrected chi connectivity index (χ2v) is 5.42. The van der Waals surface area contributed by atoms with E-state index in [-0.39, 0.29) is 18.2 Å². The summed E-state index contributed by atoms with van der Waals surface area (Å²) >= 11 is 0. The molecule has 1 aromatic carbocycles. The minimum Gasteiger partial charge on any atom is -0.445 e. The summed E-state index contributed by atoms with van der Waals surface area (Å²) in [4.78, 5) is 11.8. The Labute approximate surface area is 120 Å². The quantitative estimate of drug-likeness (QED) is 0.893. The number of rotatable bonds is 3. The van der Waals surface area contributed by atoms with Crippen LogP contribution in [-0.2, 0) is 11.3 Å². The van der Waals surface area contributed by atoms with E-state index in [0.717, 1.165) is 44.1 Å². The molecule has 0 aliphatic heterocycles. The minimum absolute atomic E-state index is 0.166. The summed E-state index contributed by atoms with van der Waals surface area (Å²) in [7, 11) is 0. The van der Waals surface area contributed by atoms with E-state index < -0.39 is 0 Å². The first kappa shape index (κ1) is 14.9. The molecule has 4 nitrogen and oxygen atoms in total. The van der Waals surface area contributed by atoms with E-state index >= 15 is 0 Å². The van der Waals surface area contributed by atoms with Gasteiger partial charge in [0.1, 0.15) is 6.61 Å². The number of nitrogens with one attached hydrogen (secondary N) is 1. The first-order valence-electron chi connectivity index (χ1n) is 7.39. The van der Waals surface area contributed by atoms with Crippen LogP contribution in [0, 0.1) is 0 Å². The smallest absolute Gasteiger partial charge is 0.407 e. The molecule has 1 aliphatic rings. The lowest BCUT2D eigenvalue weighted by Gasteiger charge is -2.22. The number of hydrogen-bond acceptors (Lipinski definition) is 3. The van der Waals surface area contributed by atoms with E-state index in [4.69, 9.17) is 4.74 Å². The molecule has 1 aromatic rings. The van der Waals surface area contributed by atoms with E-state index in [1.807, 2.05) is 30.3 Å². The fourth-order valence-electron chi connectivity index (χ4n) is 2.56. The van der Waals surface area contributed by atoms with Gasteiger partial charge in [-0.15, -0.1) is 0 Å². The zero-order chi connectivity index (χ0) is 14.2. The molecule has 20 heavy (non-hydrogen) atoms. The first-order valence-corrected chi connectivity index (χ1v) is 7.39. The third-order valence-corrected chi connectivity index (χ3v) is 3.71. The number of ether oxygens (including phenoxy) is 1. The van der Waals surface area contributed by atoms with Crippen LogP contribution in [0.2, 0.25) is 0 Å². The van der Waals surface area contributed by atoms with Crippen LogP contribution in [-0.4, -0.2) is 23.3 Å². The maximum Gasteiger partial charge on any atom is 0.407 e. The van der Waals surface area contributed by atoms with Crippen LogP contribution >= 0.6 is 0 Å². The van der Waals surface area contributed by atoms with Crippen molar-refractivity contribution in [3.63, 3.8) is 0 Å². The predicted octanol–water partition coefficient (Wildman–Crippen LogP) is 3.00. The van der Waals surface area contributed by atoms with E-state index in [1.54, 1.807) is 0 Å². The van der Waals surface area contributed by atoms with Gasteiger partial charge in [0.2, 0.25) is 0 Å². The van der Waals surface area contributed by atoms with Gasteiger partial charge in [-0.05, 0) is 44.1 Å². The Bertz CT molecular complexity index is 397. The summed E-state index contributed by atoms with van der Waals surface area (Å²) in [6.07, 6.45) is 4.87. The molecule has 1 aliphatic carbocycles. The summed E-state index contributed by atoms with van der Waals surface area (Å²) < 4.78 is 5.22. The zero-order valence-corrected chi connectivity index (χ0v) is 11.8. The molecule has 110 valence electrons. The van der Waals surface area contributed by atoms with Gasteiger partial charge in [0, 0.05) is 6.04 Å². The van der Waals surface area contributed by atoms with Gasteiger partial charge in [-0.1, -0.05) is 30.3 Å². The Balaban J connectivity index is 1.71. The van der Waals surface area contributed by atoms with E-state index in [2.05, 4.69) is 5.32 Å². The fourth-order valence-corrected chi connectivity index (χ4v) is 2.56. The van der Waals surface area contributed by atoms with Gasteiger partial charge < -0.3 is 15.2 Å². The maximum absolute atomic E-state index is 11.8. The molecule has 0 bridgehead atoms. The summed E-state index contributed by atoms with van der Waals surface area (Å²) in [5.41, 5.74) is 0.989. The highest BCUT2D eigenvalue weighted by Gasteiger charge is 2.17. The van der Waals surface area contributed by atoms with Crippen molar-refractivity contribution in [2.75, 3.05) is 0 Å². The molecule has 0 unspecified atom stereocenters. The average molecular weight is 277 g/mol. The van der Waals surface area contributed by atoms with Gasteiger partial charge >= 0.3 is 6.09 Å². The van der Waals surface area contributed by atoms with Crippen molar-refractivity contribution in [2.24, 2.45) is 0 Å². The van der Waals surface area contributed by atoms with Crippen molar-refractivity contribution in [1.82, 2.24) is 5.32 Å². The summed E-state index contributed by atoms with van der Waals surface area (Å²) in [5.74, 6) is 0. The second-order valence-electron chi connectivity index (χ2n) is 5.42. The predicted molar refractivity (Wildman–Crippen MR) is 77.3 cm³/mol. The Kier molecular flexibility index (Phi) is 5.87. The molecule has 1 fully saturated rings. The molecular weight excluding hydrogens is 254 g/mol. The summed E-state index contributed by atoms with van der Waals surface area (Å²) in [5, 5.41) is 12.5. The van der Waals surface area contributed by atoms with E-state index in [1.165, 1.54) is 0 Å². The van der Waals surface area contributed by atoms with Gasteiger partial charge in [-0.2, -0.15) is 0 Å². The molecule has 0 atom stereocenters. The van der Waals surface area contributed by atoms with Crippen LogP contribution in [0.25, 0.3) is 0 Å². The van der Waals surface area contributed by atoms with Crippen molar-refractivity contribution in [3.05, 3.63) is 35.9 Å². The molecular formula is C16H23NO3. The molecule has 1 amide bonds. The number of aliphatic hydroxyl groups excluding tert-OH is 1. The third kappa shape index (κ3) is 5.21. The standard InChI is InChI=1S/C16H23NO3/c18-15-10-4-8-14(9-5-11-15)17-16(19)20-12-13-6-2-1-3-7-13/h1-3,6-7,14-15,18H,4-5,8-12H2,(H,17,19). The van der Waals surface area contributed by atoms with Crippen molar-refractivity contribution in [2.45, 2.75) is 57.3 Å². The Morgan fingerprint density at radius 2 is 1.80 bits per heavy atom. The highest BCUT2D eigenvalue weighted by Crippen LogP contribution is 2.17. The number of alkyl carbamates (subject to hydrolysis) is 1. The normalized spacial score (nSPS) is 23.4. The number of benzene rings is 1. The molecule has 1 saturated carbocycles. The topological polar surface area (TPSA) is 58.6 Å². The lowest BCUT2D eigenvalue weighted by atomic mass is 9.95. The molecule has 0 heterocycles. The van der Waals surface area contributed by atoms with Crippen LogP contribution in [0.4, 0.5) is 4.79 Å². The summed E-state index contributed by atoms with van der Waals surface area (Å²) in [6, 6.07) is 9.83. The second kappa shape index (κ2) is 7.90. The average Bonchev–Trinajstić information content (AvgIpc) is 2.44. The first-order chi connectivity index (χ1) is 9.74. The minimum atomic E-state index is -0.347. The van der Waals surface area contributed by atoms with Crippen molar-refractivity contribution in [1.29, 1.82) is 0 Å². The monoisotopic (exact) mass is 277 g/mol. The maximum atomic E-state index is 11.8.